The summed E-state index contributed by atoms with van der Waals surface area (Å²) in [6.45, 7) is 0.0697. The molecule has 15 atom stereocenters. The Morgan fingerprint density at radius 3 is 1.17 bits per heavy atom. The van der Waals surface area contributed by atoms with Gasteiger partial charge < -0.3 is 33.5 Å². The molecule has 45 heteroatoms. The molecule has 558 valence electrons. The first kappa shape index (κ1) is 78.6. The smallest absolute Gasteiger partial charge is 0.461 e. The summed E-state index contributed by atoms with van der Waals surface area (Å²) in [6, 6.07) is 5.42. The molecule has 3 unspecified atom stereocenters. The third-order valence-electron chi connectivity index (χ3n) is 16.1. The van der Waals surface area contributed by atoms with Crippen molar-refractivity contribution in [1.29, 1.82) is 15.8 Å². The summed E-state index contributed by atoms with van der Waals surface area (Å²) >= 11 is 0. The van der Waals surface area contributed by atoms with Crippen LogP contribution < -0.4 is 49.6 Å². The summed E-state index contributed by atoms with van der Waals surface area (Å²) in [4.78, 5) is 137. The Morgan fingerprint density at radius 1 is 0.515 bits per heavy atom. The summed E-state index contributed by atoms with van der Waals surface area (Å²) in [5.74, 6) is -2.10. The second kappa shape index (κ2) is 34.8. The first-order chi connectivity index (χ1) is 49.0. The zero-order valence-corrected chi connectivity index (χ0v) is 58.4. The highest BCUT2D eigenvalue weighted by atomic mass is 31.2. The number of phosphoric acid groups is 3. The molecule has 0 spiro atoms. The molecule has 103 heavy (non-hydrogen) atoms. The summed E-state index contributed by atoms with van der Waals surface area (Å²) in [6.07, 6.45) is -11.9. The van der Waals surface area contributed by atoms with Crippen molar-refractivity contribution in [2.24, 2.45) is 7.05 Å². The third kappa shape index (κ3) is 20.5. The van der Waals surface area contributed by atoms with Crippen LogP contribution in [0.15, 0.2) is 81.9 Å². The summed E-state index contributed by atoms with van der Waals surface area (Å²) in [5.41, 5.74) is -6.66. The van der Waals surface area contributed by atoms with Crippen molar-refractivity contribution in [1.82, 2.24) is 42.8 Å². The van der Waals surface area contributed by atoms with E-state index in [4.69, 9.17) is 69.1 Å². The first-order valence-corrected chi connectivity index (χ1v) is 36.1. The van der Waals surface area contributed by atoms with Crippen LogP contribution in [0.25, 0.3) is 0 Å². The Hall–Kier alpha value is -8.53. The number of ether oxygens (including phenoxy) is 6. The van der Waals surface area contributed by atoms with Gasteiger partial charge in [-0.2, -0.15) is 15.8 Å². The number of nitrogens with zero attached hydrogens (tertiary/aromatic N) is 9. The Balaban J connectivity index is 0.986. The molecule has 0 aliphatic carbocycles. The van der Waals surface area contributed by atoms with Crippen LogP contribution in [0.2, 0.25) is 0 Å². The number of carbonyl (C=O) groups is 2. The van der Waals surface area contributed by atoms with Crippen molar-refractivity contribution in [3.05, 3.63) is 149 Å². The zero-order valence-electron chi connectivity index (χ0n) is 55.7. The Kier molecular flexibility index (Phi) is 26.6. The SMILES string of the molecule is Cc1cn([C@H]2C[C@H](OC(=O)CC(=O)OCCn3cc[n+](C)c3)[C@@H](COP(=O)(OCCC#N)O[C@H]3C[C@H](n4cc(C)c(=O)[nH]c4=O)O[C@@H]3COP(=O)(OCCC#N)O[C@H]3C[C@H](n4cc(C)c(=O)[nH]c4=O)O[C@@H]3COP(=O)(OCCC#N)O[C@H]3C[C@H](n4cc(C)c(=O)[nH]c4=O)O[C@@H]3CO)O2)c(=O)[nH]c1=O. The number of aliphatic hydroxyl groups is 1. The largest absolute Gasteiger partial charge is 0.475 e. The Bertz CT molecular complexity index is 4690. The number of nitrogens with one attached hydrogen (secondary N) is 4. The molecule has 4 fully saturated rings. The lowest BCUT2D eigenvalue weighted by Gasteiger charge is -2.28. The van der Waals surface area contributed by atoms with Gasteiger partial charge in [-0.15, -0.1) is 0 Å². The number of aromatic amines is 4. The van der Waals surface area contributed by atoms with Gasteiger partial charge in [-0.25, -0.2) is 42.0 Å². The minimum Gasteiger partial charge on any atom is -0.461 e. The van der Waals surface area contributed by atoms with E-state index in [1.807, 2.05) is 6.07 Å². The first-order valence-electron chi connectivity index (χ1n) is 31.7. The third-order valence-corrected chi connectivity index (χ3v) is 20.6. The van der Waals surface area contributed by atoms with Gasteiger partial charge >= 0.3 is 58.2 Å². The van der Waals surface area contributed by atoms with Crippen LogP contribution in [-0.4, -0.2) is 162 Å². The van der Waals surface area contributed by atoms with Crippen LogP contribution in [0, 0.1) is 61.7 Å². The molecular weight excluding hydrogens is 1440 g/mol. The fourth-order valence-corrected chi connectivity index (χ4v) is 15.1. The van der Waals surface area contributed by atoms with Crippen LogP contribution in [0.5, 0.6) is 0 Å². The van der Waals surface area contributed by atoms with E-state index in [2.05, 4.69) is 19.9 Å². The minimum atomic E-state index is -5.28. The van der Waals surface area contributed by atoms with Crippen molar-refractivity contribution in [3.8, 4) is 18.2 Å². The van der Waals surface area contributed by atoms with Gasteiger partial charge in [0.25, 0.3) is 22.2 Å². The van der Waals surface area contributed by atoms with Crippen molar-refractivity contribution in [2.45, 2.75) is 159 Å². The van der Waals surface area contributed by atoms with E-state index in [-0.39, 0.29) is 54.7 Å². The molecule has 0 bridgehead atoms. The number of phosphoric ester groups is 3. The molecule has 4 saturated heterocycles. The lowest BCUT2D eigenvalue weighted by atomic mass is 10.2. The van der Waals surface area contributed by atoms with E-state index in [9.17, 15) is 73.4 Å². The van der Waals surface area contributed by atoms with E-state index >= 15 is 9.13 Å². The molecule has 9 rings (SSSR count). The van der Waals surface area contributed by atoms with E-state index in [0.717, 1.165) is 30.7 Å². The fourth-order valence-electron chi connectivity index (χ4n) is 10.9. The molecular formula is C58H73N13O29P3+. The number of carbonyl (C=O) groups excluding carboxylic acids is 2. The number of aromatic nitrogens is 10. The molecule has 5 N–H and O–H groups in total. The molecule has 0 radical (unpaired) electrons. The number of nitriles is 3. The molecule has 4 aliphatic heterocycles. The van der Waals surface area contributed by atoms with E-state index in [1.54, 1.807) is 47.0 Å². The maximum absolute atomic E-state index is 15.4. The molecule has 0 amide bonds. The predicted octanol–water partition coefficient (Wildman–Crippen LogP) is 0.0550. The van der Waals surface area contributed by atoms with Crippen LogP contribution in [0.1, 0.15) is 98.5 Å². The number of H-pyrrole nitrogens is 4. The van der Waals surface area contributed by atoms with Gasteiger partial charge in [0.1, 0.15) is 106 Å². The molecule has 4 aliphatic rings. The quantitative estimate of drug-likeness (QED) is 0.0118. The van der Waals surface area contributed by atoms with Crippen molar-refractivity contribution >= 4 is 35.4 Å². The molecule has 0 saturated carbocycles. The molecule has 5 aromatic rings. The number of imidazole rings is 1. The highest BCUT2D eigenvalue weighted by Gasteiger charge is 2.50. The van der Waals surface area contributed by atoms with E-state index in [1.165, 1.54) is 40.1 Å². The van der Waals surface area contributed by atoms with Crippen molar-refractivity contribution < 1.29 is 102 Å². The predicted molar refractivity (Wildman–Crippen MR) is 340 cm³/mol. The van der Waals surface area contributed by atoms with Gasteiger partial charge in [-0.05, 0) is 27.7 Å². The average molecular weight is 1510 g/mol. The fraction of sp³-hybridized carbons (Fsp3) is 0.586. The second-order valence-electron chi connectivity index (χ2n) is 23.7. The van der Waals surface area contributed by atoms with E-state index < -0.39 is 232 Å². The number of hydrogen-bond donors (Lipinski definition) is 5. The van der Waals surface area contributed by atoms with Gasteiger partial charge in [0.15, 0.2) is 0 Å². The highest BCUT2D eigenvalue weighted by molar-refractivity contribution is 7.49. The van der Waals surface area contributed by atoms with Crippen molar-refractivity contribution in [2.75, 3.05) is 52.9 Å². The van der Waals surface area contributed by atoms with Crippen molar-refractivity contribution in [3.63, 3.8) is 0 Å². The average Bonchev–Trinajstić information content (AvgIpc) is 1.70. The normalized spacial score (nSPS) is 24.9. The van der Waals surface area contributed by atoms with Gasteiger partial charge in [-0.1, -0.05) is 0 Å². The molecule has 9 heterocycles. The summed E-state index contributed by atoms with van der Waals surface area (Å²) < 4.78 is 141. The van der Waals surface area contributed by atoms with Crippen LogP contribution >= 0.6 is 23.5 Å². The zero-order chi connectivity index (χ0) is 74.5. The number of aliphatic hydroxyl groups excluding tert-OH is 1. The number of hydrogen-bond acceptors (Lipinski definition) is 32. The van der Waals surface area contributed by atoms with Gasteiger partial charge in [-0.3, -0.25) is 108 Å². The maximum Gasteiger partial charge on any atom is 0.475 e. The van der Waals surface area contributed by atoms with Gasteiger partial charge in [0.05, 0.1) is 90.8 Å². The summed E-state index contributed by atoms with van der Waals surface area (Å²) in [7, 11) is -13.7. The number of esters is 2. The number of aryl methyl sites for hydroxylation is 5. The molecule has 0 aromatic carbocycles. The Morgan fingerprint density at radius 2 is 0.845 bits per heavy atom. The standard InChI is InChI=1S/C58H72N13O29P3/c1-33-24-68(55(79)62-51(33)75)45-19-37(97-50(74)23-49(73)86-18-14-67-13-12-66(5)32-67)42(94-45)29-90-102(84,88-16-7-10-60)99-39-21-47(70-26-35(3)53(77)64-57(70)81)96-44(39)31-92-103(85,89-17-8-11-61)100-40-22-48(71-27-36(4)54(78)65-58(71)82)95-43(40)30-91-101(83,87-15-6-9-59)98-38-20-46(93-41(38)28-72)69-25-34(2)52(76)63-56(69)80/h12-13,24-27,32,37-48,72H,6-8,14-23,28-31H2,1-5H3,(H3-,62,63,64,65,75,76,77,78,79,80,81,82)/p+1/t37-,38-,39-,40-,41+,42+,43+,44+,45+,46+,47+,48+,101?,102?,103?/m0/s1. The second-order valence-corrected chi connectivity index (χ2v) is 28.5. The Labute approximate surface area is 580 Å². The van der Waals surface area contributed by atoms with Gasteiger partial charge in [0, 0.05) is 72.7 Å². The van der Waals surface area contributed by atoms with Gasteiger partial charge in [0.2, 0.25) is 6.33 Å². The summed E-state index contributed by atoms with van der Waals surface area (Å²) in [5, 5.41) is 39.0. The van der Waals surface area contributed by atoms with Crippen LogP contribution in [0.3, 0.4) is 0 Å². The topological polar surface area (TPSA) is 544 Å². The molecule has 42 nitrogen and oxygen atoms in total. The maximum atomic E-state index is 15.4. The minimum absolute atomic E-state index is 0.000682. The molecule has 5 aromatic heterocycles. The van der Waals surface area contributed by atoms with Crippen LogP contribution in [0.4, 0.5) is 0 Å². The lowest BCUT2D eigenvalue weighted by Crippen LogP contribution is -2.34. The van der Waals surface area contributed by atoms with Crippen LogP contribution in [-0.2, 0) is 106 Å². The number of rotatable bonds is 35. The van der Waals surface area contributed by atoms with E-state index in [0.29, 0.717) is 0 Å². The monoisotopic (exact) mass is 1510 g/mol. The lowest BCUT2D eigenvalue weighted by molar-refractivity contribution is -0.671. The highest BCUT2D eigenvalue weighted by Crippen LogP contribution is 2.58.